The van der Waals surface area contributed by atoms with E-state index in [1.807, 2.05) is 13.8 Å². The average molecular weight is 432 g/mol. The summed E-state index contributed by atoms with van der Waals surface area (Å²) < 4.78 is 0. The summed E-state index contributed by atoms with van der Waals surface area (Å²) in [6.07, 6.45) is 0.589. The summed E-state index contributed by atoms with van der Waals surface area (Å²) in [6, 6.07) is 12.4. The first-order valence-corrected chi connectivity index (χ1v) is 10.2. The number of nitro benzene ring substituents is 1. The number of amides is 2. The monoisotopic (exact) mass is 431 g/mol. The topological polar surface area (TPSA) is 92.6 Å². The molecule has 0 aromatic heterocycles. The van der Waals surface area contributed by atoms with Crippen molar-refractivity contribution in [1.29, 1.82) is 0 Å². The largest absolute Gasteiger partial charge is 0.352 e. The highest BCUT2D eigenvalue weighted by molar-refractivity contribution is 6.30. The smallest absolute Gasteiger partial charge is 0.273 e. The lowest BCUT2D eigenvalue weighted by Gasteiger charge is -2.29. The highest BCUT2D eigenvalue weighted by atomic mass is 35.5. The average Bonchev–Trinajstić information content (AvgIpc) is 2.72. The predicted molar refractivity (Wildman–Crippen MR) is 116 cm³/mol. The Labute approximate surface area is 181 Å². The minimum atomic E-state index is -0.745. The Morgan fingerprint density at radius 2 is 1.77 bits per heavy atom. The summed E-state index contributed by atoms with van der Waals surface area (Å²) in [4.78, 5) is 38.1. The van der Waals surface area contributed by atoms with Gasteiger partial charge in [0, 0.05) is 29.2 Å². The molecule has 0 aliphatic heterocycles. The summed E-state index contributed by atoms with van der Waals surface area (Å²) in [5.41, 5.74) is 0.996. The molecule has 1 N–H and O–H groups in total. The lowest BCUT2D eigenvalue weighted by molar-refractivity contribution is -0.385. The van der Waals surface area contributed by atoms with E-state index < -0.39 is 11.0 Å². The van der Waals surface area contributed by atoms with Crippen molar-refractivity contribution in [2.45, 2.75) is 52.2 Å². The third-order valence-corrected chi connectivity index (χ3v) is 5.22. The van der Waals surface area contributed by atoms with E-state index in [2.05, 4.69) is 5.32 Å². The highest BCUT2D eigenvalue weighted by Crippen LogP contribution is 2.21. The predicted octanol–water partition coefficient (Wildman–Crippen LogP) is 4.12. The van der Waals surface area contributed by atoms with E-state index in [0.717, 1.165) is 12.0 Å². The Morgan fingerprint density at radius 1 is 1.13 bits per heavy atom. The molecule has 0 heterocycles. The number of hydrogen-bond acceptors (Lipinski definition) is 4. The van der Waals surface area contributed by atoms with E-state index in [0.29, 0.717) is 10.6 Å². The van der Waals surface area contributed by atoms with Crippen LogP contribution in [-0.2, 0) is 22.6 Å². The molecule has 2 atom stereocenters. The molecule has 8 heteroatoms. The number of carbonyl (C=O) groups excluding carboxylic acids is 2. The van der Waals surface area contributed by atoms with Gasteiger partial charge in [0.25, 0.3) is 5.69 Å². The number of nitrogens with zero attached hydrogens (tertiary/aromatic N) is 2. The van der Waals surface area contributed by atoms with E-state index in [-0.39, 0.29) is 36.5 Å². The quantitative estimate of drug-likeness (QED) is 0.477. The van der Waals surface area contributed by atoms with E-state index in [4.69, 9.17) is 11.6 Å². The van der Waals surface area contributed by atoms with Gasteiger partial charge in [0.05, 0.1) is 11.3 Å². The first-order valence-electron chi connectivity index (χ1n) is 9.79. The molecular weight excluding hydrogens is 406 g/mol. The van der Waals surface area contributed by atoms with E-state index in [9.17, 15) is 19.7 Å². The molecule has 0 aliphatic carbocycles. The SMILES string of the molecule is CCC(C)NC(=O)C(C)N(Cc1ccc(Cl)cc1)C(=O)Cc1ccccc1[N+](=O)[O-]. The molecule has 0 fully saturated rings. The fourth-order valence-corrected chi connectivity index (χ4v) is 3.06. The van der Waals surface area contributed by atoms with Gasteiger partial charge in [-0.15, -0.1) is 0 Å². The van der Waals surface area contributed by atoms with Crippen molar-refractivity contribution in [1.82, 2.24) is 10.2 Å². The second-order valence-corrected chi connectivity index (χ2v) is 7.64. The van der Waals surface area contributed by atoms with Gasteiger partial charge in [0.1, 0.15) is 6.04 Å². The van der Waals surface area contributed by atoms with Crippen LogP contribution in [-0.4, -0.2) is 33.7 Å². The van der Waals surface area contributed by atoms with Crippen LogP contribution in [0, 0.1) is 10.1 Å². The van der Waals surface area contributed by atoms with Crippen LogP contribution < -0.4 is 5.32 Å². The molecule has 2 aromatic carbocycles. The maximum absolute atomic E-state index is 13.2. The maximum atomic E-state index is 13.2. The summed E-state index contributed by atoms with van der Waals surface area (Å²) in [7, 11) is 0. The molecule has 2 unspecified atom stereocenters. The van der Waals surface area contributed by atoms with Crippen molar-refractivity contribution in [2.75, 3.05) is 0 Å². The highest BCUT2D eigenvalue weighted by Gasteiger charge is 2.28. The van der Waals surface area contributed by atoms with Gasteiger partial charge in [0.15, 0.2) is 0 Å². The molecular formula is C22H26ClN3O4. The van der Waals surface area contributed by atoms with Crippen LogP contribution in [0.1, 0.15) is 38.3 Å². The zero-order chi connectivity index (χ0) is 22.3. The molecule has 2 rings (SSSR count). The lowest BCUT2D eigenvalue weighted by Crippen LogP contribution is -2.49. The standard InChI is InChI=1S/C22H26ClN3O4/c1-4-15(2)24-22(28)16(3)25(14-17-9-11-19(23)12-10-17)21(27)13-18-7-5-6-8-20(18)26(29)30/h5-12,15-16H,4,13-14H2,1-3H3,(H,24,28). The van der Waals surface area contributed by atoms with Gasteiger partial charge in [-0.2, -0.15) is 0 Å². The Morgan fingerprint density at radius 3 is 2.37 bits per heavy atom. The van der Waals surface area contributed by atoms with Crippen molar-refractivity contribution in [3.8, 4) is 0 Å². The van der Waals surface area contributed by atoms with Gasteiger partial charge >= 0.3 is 0 Å². The second-order valence-electron chi connectivity index (χ2n) is 7.20. The molecule has 0 spiro atoms. The number of benzene rings is 2. The van der Waals surface area contributed by atoms with Crippen molar-refractivity contribution >= 4 is 29.1 Å². The fraction of sp³-hybridized carbons (Fsp3) is 0.364. The summed E-state index contributed by atoms with van der Waals surface area (Å²) in [5, 5.41) is 14.8. The maximum Gasteiger partial charge on any atom is 0.273 e. The van der Waals surface area contributed by atoms with Gasteiger partial charge in [-0.05, 0) is 38.0 Å². The normalized spacial score (nSPS) is 12.7. The van der Waals surface area contributed by atoms with Crippen LogP contribution in [0.2, 0.25) is 5.02 Å². The van der Waals surface area contributed by atoms with Gasteiger partial charge in [-0.3, -0.25) is 19.7 Å². The summed E-state index contributed by atoms with van der Waals surface area (Å²) >= 11 is 5.94. The van der Waals surface area contributed by atoms with Crippen LogP contribution in [0.3, 0.4) is 0 Å². The van der Waals surface area contributed by atoms with Crippen LogP contribution >= 0.6 is 11.6 Å². The van der Waals surface area contributed by atoms with Crippen LogP contribution in [0.4, 0.5) is 5.69 Å². The van der Waals surface area contributed by atoms with E-state index in [1.165, 1.54) is 11.0 Å². The van der Waals surface area contributed by atoms with Crippen LogP contribution in [0.25, 0.3) is 0 Å². The van der Waals surface area contributed by atoms with Gasteiger partial charge in [-0.25, -0.2) is 0 Å². The molecule has 0 aliphatic rings. The molecule has 2 amide bonds. The molecule has 160 valence electrons. The van der Waals surface area contributed by atoms with Crippen molar-refractivity contribution < 1.29 is 14.5 Å². The third kappa shape index (κ3) is 6.29. The second kappa shape index (κ2) is 10.7. The van der Waals surface area contributed by atoms with Crippen molar-refractivity contribution in [2.24, 2.45) is 0 Å². The van der Waals surface area contributed by atoms with Crippen molar-refractivity contribution in [3.63, 3.8) is 0 Å². The Kier molecular flexibility index (Phi) is 8.35. The van der Waals surface area contributed by atoms with E-state index >= 15 is 0 Å². The Bertz CT molecular complexity index is 902. The lowest BCUT2D eigenvalue weighted by atomic mass is 10.1. The molecule has 7 nitrogen and oxygen atoms in total. The number of carbonyl (C=O) groups is 2. The number of halogens is 1. The van der Waals surface area contributed by atoms with Gasteiger partial charge in [0.2, 0.25) is 11.8 Å². The third-order valence-electron chi connectivity index (χ3n) is 4.96. The Balaban J connectivity index is 2.29. The van der Waals surface area contributed by atoms with Crippen LogP contribution in [0.5, 0.6) is 0 Å². The number of rotatable bonds is 9. The van der Waals surface area contributed by atoms with Crippen LogP contribution in [0.15, 0.2) is 48.5 Å². The molecule has 0 radical (unpaired) electrons. The Hall–Kier alpha value is -2.93. The molecule has 30 heavy (non-hydrogen) atoms. The fourth-order valence-electron chi connectivity index (χ4n) is 2.94. The van der Waals surface area contributed by atoms with Gasteiger partial charge in [-0.1, -0.05) is 48.9 Å². The number of hydrogen-bond donors (Lipinski definition) is 1. The first-order chi connectivity index (χ1) is 14.2. The summed E-state index contributed by atoms with van der Waals surface area (Å²) in [5.74, 6) is -0.639. The summed E-state index contributed by atoms with van der Waals surface area (Å²) in [6.45, 7) is 5.70. The first kappa shape index (κ1) is 23.3. The minimum Gasteiger partial charge on any atom is -0.352 e. The molecule has 0 saturated carbocycles. The van der Waals surface area contributed by atoms with E-state index in [1.54, 1.807) is 49.4 Å². The molecule has 2 aromatic rings. The molecule has 0 bridgehead atoms. The number of nitrogens with one attached hydrogen (secondary N) is 1. The number of nitro groups is 1. The minimum absolute atomic E-state index is 0.0253. The van der Waals surface area contributed by atoms with Crippen molar-refractivity contribution in [3.05, 3.63) is 74.8 Å². The number of para-hydroxylation sites is 1. The zero-order valence-electron chi connectivity index (χ0n) is 17.3. The van der Waals surface area contributed by atoms with Gasteiger partial charge < -0.3 is 10.2 Å². The molecule has 0 saturated heterocycles. The zero-order valence-corrected chi connectivity index (χ0v) is 18.1.